The van der Waals surface area contributed by atoms with Crippen LogP contribution in [-0.4, -0.2) is 47.5 Å². The fourth-order valence-corrected chi connectivity index (χ4v) is 4.46. The molecule has 2 aliphatic heterocycles. The fraction of sp³-hybridized carbons (Fsp3) is 0.556. The number of thioether (sulfide) groups is 1. The molecule has 0 aromatic heterocycles. The maximum atomic E-state index is 12.4. The molecule has 0 aliphatic carbocycles. The van der Waals surface area contributed by atoms with Crippen LogP contribution in [0.25, 0.3) is 0 Å². The van der Waals surface area contributed by atoms with Gasteiger partial charge in [0.2, 0.25) is 5.91 Å². The SMILES string of the molecule is C[C@@H]1CCC(=O)N1c1ccc(NC(=O)N(C)C2CCSCC2)cc1. The molecule has 3 amide bonds. The summed E-state index contributed by atoms with van der Waals surface area (Å²) in [6, 6.07) is 8.07. The molecule has 2 fully saturated rings. The van der Waals surface area contributed by atoms with E-state index in [0.717, 1.165) is 42.1 Å². The molecule has 0 saturated carbocycles. The Morgan fingerprint density at radius 1 is 1.21 bits per heavy atom. The average molecular weight is 347 g/mol. The second kappa shape index (κ2) is 7.47. The molecule has 0 radical (unpaired) electrons. The third-order valence-corrected chi connectivity index (χ3v) is 5.99. The van der Waals surface area contributed by atoms with Gasteiger partial charge < -0.3 is 15.1 Å². The molecule has 130 valence electrons. The van der Waals surface area contributed by atoms with Gasteiger partial charge in [0, 0.05) is 36.9 Å². The molecule has 0 unspecified atom stereocenters. The summed E-state index contributed by atoms with van der Waals surface area (Å²) in [6.45, 7) is 2.07. The second-order valence-electron chi connectivity index (χ2n) is 6.58. The summed E-state index contributed by atoms with van der Waals surface area (Å²) < 4.78 is 0. The predicted molar refractivity (Wildman–Crippen MR) is 99.8 cm³/mol. The van der Waals surface area contributed by atoms with E-state index >= 15 is 0 Å². The van der Waals surface area contributed by atoms with Gasteiger partial charge in [-0.15, -0.1) is 0 Å². The van der Waals surface area contributed by atoms with E-state index < -0.39 is 0 Å². The molecule has 2 saturated heterocycles. The zero-order chi connectivity index (χ0) is 17.1. The van der Waals surface area contributed by atoms with Crippen molar-refractivity contribution in [2.75, 3.05) is 28.8 Å². The third-order valence-electron chi connectivity index (χ3n) is 4.94. The quantitative estimate of drug-likeness (QED) is 0.909. The van der Waals surface area contributed by atoms with Crippen LogP contribution < -0.4 is 10.2 Å². The summed E-state index contributed by atoms with van der Waals surface area (Å²) in [4.78, 5) is 28.0. The molecule has 2 heterocycles. The number of hydrogen-bond acceptors (Lipinski definition) is 3. The first-order chi connectivity index (χ1) is 11.6. The summed E-state index contributed by atoms with van der Waals surface area (Å²) >= 11 is 1.96. The van der Waals surface area contributed by atoms with Crippen LogP contribution in [-0.2, 0) is 4.79 Å². The number of hydrogen-bond donors (Lipinski definition) is 1. The molecular formula is C18H25N3O2S. The van der Waals surface area contributed by atoms with E-state index in [4.69, 9.17) is 0 Å². The fourth-order valence-electron chi connectivity index (χ4n) is 3.38. The van der Waals surface area contributed by atoms with Crippen molar-refractivity contribution in [3.63, 3.8) is 0 Å². The van der Waals surface area contributed by atoms with Gasteiger partial charge in [0.05, 0.1) is 0 Å². The van der Waals surface area contributed by atoms with Gasteiger partial charge in [-0.1, -0.05) is 0 Å². The van der Waals surface area contributed by atoms with Gasteiger partial charge in [0.25, 0.3) is 0 Å². The van der Waals surface area contributed by atoms with Crippen LogP contribution in [0.5, 0.6) is 0 Å². The molecule has 1 aromatic rings. The zero-order valence-electron chi connectivity index (χ0n) is 14.3. The van der Waals surface area contributed by atoms with Gasteiger partial charge in [-0.05, 0) is 62.0 Å². The Morgan fingerprint density at radius 2 is 1.88 bits per heavy atom. The van der Waals surface area contributed by atoms with Gasteiger partial charge in [-0.2, -0.15) is 11.8 Å². The number of nitrogens with one attached hydrogen (secondary N) is 1. The van der Waals surface area contributed by atoms with Crippen molar-refractivity contribution in [3.8, 4) is 0 Å². The minimum absolute atomic E-state index is 0.0646. The molecule has 24 heavy (non-hydrogen) atoms. The molecule has 5 nitrogen and oxygen atoms in total. The van der Waals surface area contributed by atoms with Gasteiger partial charge in [-0.3, -0.25) is 4.79 Å². The number of nitrogens with zero attached hydrogens (tertiary/aromatic N) is 2. The lowest BCUT2D eigenvalue weighted by atomic mass is 10.1. The Hall–Kier alpha value is -1.69. The van der Waals surface area contributed by atoms with Crippen LogP contribution in [0.3, 0.4) is 0 Å². The maximum Gasteiger partial charge on any atom is 0.321 e. The topological polar surface area (TPSA) is 52.7 Å². The van der Waals surface area contributed by atoms with Gasteiger partial charge in [0.1, 0.15) is 0 Å². The summed E-state index contributed by atoms with van der Waals surface area (Å²) in [7, 11) is 1.87. The average Bonchev–Trinajstić information content (AvgIpc) is 2.94. The minimum Gasteiger partial charge on any atom is -0.325 e. The molecular weight excluding hydrogens is 322 g/mol. The Morgan fingerprint density at radius 3 is 2.46 bits per heavy atom. The van der Waals surface area contributed by atoms with Crippen molar-refractivity contribution in [1.82, 2.24) is 4.90 Å². The monoisotopic (exact) mass is 347 g/mol. The van der Waals surface area contributed by atoms with Crippen LogP contribution in [0.2, 0.25) is 0 Å². The zero-order valence-corrected chi connectivity index (χ0v) is 15.1. The number of amides is 3. The van der Waals surface area contributed by atoms with E-state index in [-0.39, 0.29) is 18.0 Å². The van der Waals surface area contributed by atoms with Crippen LogP contribution in [0, 0.1) is 0 Å². The first-order valence-corrected chi connectivity index (χ1v) is 9.75. The maximum absolute atomic E-state index is 12.4. The van der Waals surface area contributed by atoms with Crippen LogP contribution in [0.4, 0.5) is 16.2 Å². The second-order valence-corrected chi connectivity index (χ2v) is 7.81. The lowest BCUT2D eigenvalue weighted by molar-refractivity contribution is -0.117. The molecule has 1 aromatic carbocycles. The Kier molecular flexibility index (Phi) is 5.33. The highest BCUT2D eigenvalue weighted by molar-refractivity contribution is 7.99. The molecule has 1 atom stereocenters. The normalized spacial score (nSPS) is 21.8. The van der Waals surface area contributed by atoms with Crippen molar-refractivity contribution in [1.29, 1.82) is 0 Å². The first-order valence-electron chi connectivity index (χ1n) is 8.60. The Balaban J connectivity index is 1.61. The Labute approximate surface area is 147 Å². The molecule has 1 N–H and O–H groups in total. The van der Waals surface area contributed by atoms with E-state index in [2.05, 4.69) is 12.2 Å². The van der Waals surface area contributed by atoms with E-state index in [9.17, 15) is 9.59 Å². The van der Waals surface area contributed by atoms with E-state index in [0.29, 0.717) is 12.5 Å². The molecule has 3 rings (SSSR count). The summed E-state index contributed by atoms with van der Waals surface area (Å²) in [5, 5.41) is 2.96. The van der Waals surface area contributed by atoms with Crippen molar-refractivity contribution in [2.45, 2.75) is 44.7 Å². The highest BCUT2D eigenvalue weighted by Crippen LogP contribution is 2.27. The Bertz CT molecular complexity index is 599. The summed E-state index contributed by atoms with van der Waals surface area (Å²) in [6.07, 6.45) is 3.64. The number of benzene rings is 1. The number of anilines is 2. The van der Waals surface area contributed by atoms with Crippen molar-refractivity contribution in [2.24, 2.45) is 0 Å². The predicted octanol–water partition coefficient (Wildman–Crippen LogP) is 3.56. The van der Waals surface area contributed by atoms with Gasteiger partial charge in [0.15, 0.2) is 0 Å². The molecule has 0 bridgehead atoms. The molecule has 0 spiro atoms. The standard InChI is InChI=1S/C18H25N3O2S/c1-13-3-8-17(22)21(13)16-6-4-14(5-7-16)19-18(23)20(2)15-9-11-24-12-10-15/h4-7,13,15H,3,8-12H2,1-2H3,(H,19,23)/t13-/m1/s1. The van der Waals surface area contributed by atoms with Crippen molar-refractivity contribution < 1.29 is 9.59 Å². The van der Waals surface area contributed by atoms with Crippen LogP contribution >= 0.6 is 11.8 Å². The number of carbonyl (C=O) groups excluding carboxylic acids is 2. The van der Waals surface area contributed by atoms with Crippen molar-refractivity contribution >= 4 is 35.1 Å². The minimum atomic E-state index is -0.0646. The number of urea groups is 1. The third kappa shape index (κ3) is 3.69. The number of rotatable bonds is 3. The van der Waals surface area contributed by atoms with Gasteiger partial charge in [-0.25, -0.2) is 4.79 Å². The largest absolute Gasteiger partial charge is 0.325 e. The summed E-state index contributed by atoms with van der Waals surface area (Å²) in [5.41, 5.74) is 1.67. The molecule has 2 aliphatic rings. The van der Waals surface area contributed by atoms with Crippen LogP contribution in [0.15, 0.2) is 24.3 Å². The van der Waals surface area contributed by atoms with Gasteiger partial charge >= 0.3 is 6.03 Å². The first kappa shape index (κ1) is 17.1. The highest BCUT2D eigenvalue weighted by Gasteiger charge is 2.28. The van der Waals surface area contributed by atoms with Crippen LogP contribution in [0.1, 0.15) is 32.6 Å². The van der Waals surface area contributed by atoms with E-state index in [1.165, 1.54) is 0 Å². The van der Waals surface area contributed by atoms with E-state index in [1.807, 2.05) is 52.9 Å². The number of carbonyl (C=O) groups is 2. The molecule has 6 heteroatoms. The summed E-state index contributed by atoms with van der Waals surface area (Å²) in [5.74, 6) is 2.42. The highest BCUT2D eigenvalue weighted by atomic mass is 32.2. The van der Waals surface area contributed by atoms with E-state index in [1.54, 1.807) is 0 Å². The lowest BCUT2D eigenvalue weighted by Gasteiger charge is -2.31. The lowest BCUT2D eigenvalue weighted by Crippen LogP contribution is -2.41. The smallest absolute Gasteiger partial charge is 0.321 e. The van der Waals surface area contributed by atoms with Crippen molar-refractivity contribution in [3.05, 3.63) is 24.3 Å².